The van der Waals surface area contributed by atoms with Crippen molar-refractivity contribution < 1.29 is 4.74 Å². The Morgan fingerprint density at radius 3 is 2.64 bits per heavy atom. The predicted molar refractivity (Wildman–Crippen MR) is 91.2 cm³/mol. The summed E-state index contributed by atoms with van der Waals surface area (Å²) in [6, 6.07) is 8.26. The zero-order valence-corrected chi connectivity index (χ0v) is 13.9. The zero-order chi connectivity index (χ0) is 16.1. The van der Waals surface area contributed by atoms with Gasteiger partial charge in [-0.25, -0.2) is 4.98 Å². The van der Waals surface area contributed by atoms with Crippen LogP contribution in [0, 0.1) is 13.8 Å². The maximum Gasteiger partial charge on any atom is 0.225 e. The van der Waals surface area contributed by atoms with Crippen LogP contribution in [-0.2, 0) is 0 Å². The normalized spacial score (nSPS) is 11.9. The summed E-state index contributed by atoms with van der Waals surface area (Å²) in [5, 5.41) is 6.63. The third-order valence-electron chi connectivity index (χ3n) is 3.46. The van der Waals surface area contributed by atoms with Gasteiger partial charge in [-0.3, -0.25) is 0 Å². The number of benzene rings is 1. The SMILES string of the molecule is CCC(C)Nc1nc(C)cc(Nc2cc(C)ccc2OC)n1. The molecule has 0 fully saturated rings. The quantitative estimate of drug-likeness (QED) is 0.842. The first-order valence-electron chi connectivity index (χ1n) is 7.55. The fraction of sp³-hybridized carbons (Fsp3) is 0.412. The monoisotopic (exact) mass is 300 g/mol. The molecule has 1 aromatic heterocycles. The molecule has 1 atom stereocenters. The molecule has 0 saturated heterocycles. The maximum absolute atomic E-state index is 5.39. The van der Waals surface area contributed by atoms with Crippen LogP contribution in [0.4, 0.5) is 17.5 Å². The lowest BCUT2D eigenvalue weighted by Crippen LogP contribution is -2.16. The van der Waals surface area contributed by atoms with E-state index in [1.165, 1.54) is 0 Å². The highest BCUT2D eigenvalue weighted by atomic mass is 16.5. The smallest absolute Gasteiger partial charge is 0.225 e. The van der Waals surface area contributed by atoms with E-state index in [2.05, 4.69) is 34.4 Å². The lowest BCUT2D eigenvalue weighted by atomic mass is 10.2. The summed E-state index contributed by atoms with van der Waals surface area (Å²) in [6.45, 7) is 8.25. The molecule has 5 heteroatoms. The zero-order valence-electron chi connectivity index (χ0n) is 13.9. The van der Waals surface area contributed by atoms with Crippen LogP contribution >= 0.6 is 0 Å². The van der Waals surface area contributed by atoms with Gasteiger partial charge in [0.25, 0.3) is 0 Å². The van der Waals surface area contributed by atoms with E-state index in [9.17, 15) is 0 Å². The van der Waals surface area contributed by atoms with Crippen LogP contribution in [0.5, 0.6) is 5.75 Å². The second-order valence-electron chi connectivity index (χ2n) is 5.50. The van der Waals surface area contributed by atoms with Crippen molar-refractivity contribution in [2.45, 2.75) is 40.2 Å². The lowest BCUT2D eigenvalue weighted by Gasteiger charge is -2.15. The molecule has 0 aliphatic rings. The summed E-state index contributed by atoms with van der Waals surface area (Å²) in [5.74, 6) is 2.18. The number of ether oxygens (including phenoxy) is 1. The molecule has 1 unspecified atom stereocenters. The second kappa shape index (κ2) is 7.11. The number of rotatable bonds is 6. The highest BCUT2D eigenvalue weighted by Crippen LogP contribution is 2.28. The molecule has 0 bridgehead atoms. The molecule has 1 heterocycles. The van der Waals surface area contributed by atoms with Gasteiger partial charge >= 0.3 is 0 Å². The number of aromatic nitrogens is 2. The van der Waals surface area contributed by atoms with Crippen molar-refractivity contribution in [3.8, 4) is 5.75 Å². The van der Waals surface area contributed by atoms with Gasteiger partial charge in [0.05, 0.1) is 12.8 Å². The van der Waals surface area contributed by atoms with Gasteiger partial charge in [-0.1, -0.05) is 13.0 Å². The summed E-state index contributed by atoms with van der Waals surface area (Å²) >= 11 is 0. The molecule has 0 aliphatic heterocycles. The number of hydrogen-bond acceptors (Lipinski definition) is 5. The highest BCUT2D eigenvalue weighted by Gasteiger charge is 2.08. The number of nitrogens with one attached hydrogen (secondary N) is 2. The Morgan fingerprint density at radius 1 is 1.18 bits per heavy atom. The van der Waals surface area contributed by atoms with E-state index in [1.807, 2.05) is 38.1 Å². The van der Waals surface area contributed by atoms with Crippen LogP contribution in [0.1, 0.15) is 31.5 Å². The molecule has 2 aromatic rings. The van der Waals surface area contributed by atoms with Crippen molar-refractivity contribution in [3.63, 3.8) is 0 Å². The second-order valence-corrected chi connectivity index (χ2v) is 5.50. The van der Waals surface area contributed by atoms with Gasteiger partial charge in [0.2, 0.25) is 5.95 Å². The van der Waals surface area contributed by atoms with E-state index >= 15 is 0 Å². The van der Waals surface area contributed by atoms with Crippen LogP contribution in [0.25, 0.3) is 0 Å². The van der Waals surface area contributed by atoms with Gasteiger partial charge in [0, 0.05) is 17.8 Å². The first kappa shape index (κ1) is 16.1. The van der Waals surface area contributed by atoms with Crippen LogP contribution < -0.4 is 15.4 Å². The van der Waals surface area contributed by atoms with Crippen molar-refractivity contribution in [1.82, 2.24) is 9.97 Å². The minimum absolute atomic E-state index is 0.336. The molecule has 0 aliphatic carbocycles. The van der Waals surface area contributed by atoms with Crippen LogP contribution in [0.15, 0.2) is 24.3 Å². The van der Waals surface area contributed by atoms with Gasteiger partial charge in [-0.15, -0.1) is 0 Å². The minimum Gasteiger partial charge on any atom is -0.495 e. The standard InChI is InChI=1S/C17H24N4O/c1-6-12(3)18-17-19-13(4)10-16(21-17)20-14-9-11(2)7-8-15(14)22-5/h7-10,12H,6H2,1-5H3,(H2,18,19,20,21). The summed E-state index contributed by atoms with van der Waals surface area (Å²) in [4.78, 5) is 8.96. The molecule has 5 nitrogen and oxygen atoms in total. The van der Waals surface area contributed by atoms with Crippen LogP contribution in [0.2, 0.25) is 0 Å². The number of aryl methyl sites for hydroxylation is 2. The summed E-state index contributed by atoms with van der Waals surface area (Å²) in [6.07, 6.45) is 1.02. The van der Waals surface area contributed by atoms with Gasteiger partial charge in [-0.2, -0.15) is 4.98 Å². The molecule has 0 radical (unpaired) electrons. The molecule has 0 amide bonds. The Bertz CT molecular complexity index is 643. The lowest BCUT2D eigenvalue weighted by molar-refractivity contribution is 0.416. The van der Waals surface area contributed by atoms with E-state index < -0.39 is 0 Å². The fourth-order valence-corrected chi connectivity index (χ4v) is 2.08. The van der Waals surface area contributed by atoms with E-state index in [-0.39, 0.29) is 0 Å². The highest BCUT2D eigenvalue weighted by molar-refractivity contribution is 5.65. The first-order chi connectivity index (χ1) is 10.5. The van der Waals surface area contributed by atoms with E-state index in [0.29, 0.717) is 12.0 Å². The number of nitrogens with zero attached hydrogens (tertiary/aromatic N) is 2. The third-order valence-corrected chi connectivity index (χ3v) is 3.46. The average Bonchev–Trinajstić information content (AvgIpc) is 2.46. The van der Waals surface area contributed by atoms with Crippen molar-refractivity contribution in [3.05, 3.63) is 35.5 Å². The number of anilines is 3. The average molecular weight is 300 g/mol. The molecule has 0 spiro atoms. The molecule has 1 aromatic carbocycles. The Kier molecular flexibility index (Phi) is 5.20. The summed E-state index contributed by atoms with van der Waals surface area (Å²) < 4.78 is 5.39. The van der Waals surface area contributed by atoms with Crippen molar-refractivity contribution in [1.29, 1.82) is 0 Å². The van der Waals surface area contributed by atoms with Gasteiger partial charge in [0.1, 0.15) is 11.6 Å². The minimum atomic E-state index is 0.336. The fourth-order valence-electron chi connectivity index (χ4n) is 2.08. The summed E-state index contributed by atoms with van der Waals surface area (Å²) in [7, 11) is 1.66. The molecule has 22 heavy (non-hydrogen) atoms. The molecule has 2 rings (SSSR count). The molecule has 118 valence electrons. The van der Waals surface area contributed by atoms with Crippen LogP contribution in [0.3, 0.4) is 0 Å². The maximum atomic E-state index is 5.39. The Balaban J connectivity index is 2.28. The Hall–Kier alpha value is -2.30. The van der Waals surface area contributed by atoms with E-state index in [1.54, 1.807) is 7.11 Å². The van der Waals surface area contributed by atoms with Gasteiger partial charge in [-0.05, 0) is 44.9 Å². The Morgan fingerprint density at radius 2 is 1.95 bits per heavy atom. The Labute approximate surface area is 132 Å². The topological polar surface area (TPSA) is 59.1 Å². The van der Waals surface area contributed by atoms with Gasteiger partial charge in [0.15, 0.2) is 0 Å². The van der Waals surface area contributed by atoms with Crippen molar-refractivity contribution in [2.24, 2.45) is 0 Å². The third kappa shape index (κ3) is 4.10. The largest absolute Gasteiger partial charge is 0.495 e. The summed E-state index contributed by atoms with van der Waals surface area (Å²) in [5.41, 5.74) is 2.97. The molecular formula is C17H24N4O. The first-order valence-corrected chi connectivity index (χ1v) is 7.55. The van der Waals surface area contributed by atoms with Crippen molar-refractivity contribution in [2.75, 3.05) is 17.7 Å². The number of hydrogen-bond donors (Lipinski definition) is 2. The molecular weight excluding hydrogens is 276 g/mol. The number of methoxy groups -OCH3 is 1. The van der Waals surface area contributed by atoms with E-state index in [0.717, 1.165) is 34.9 Å². The van der Waals surface area contributed by atoms with Crippen LogP contribution in [-0.4, -0.2) is 23.1 Å². The van der Waals surface area contributed by atoms with Crippen molar-refractivity contribution >= 4 is 17.5 Å². The van der Waals surface area contributed by atoms with E-state index in [4.69, 9.17) is 4.74 Å². The molecule has 0 saturated carbocycles. The predicted octanol–water partition coefficient (Wildman–Crippen LogP) is 4.06. The van der Waals surface area contributed by atoms with Gasteiger partial charge < -0.3 is 15.4 Å². The molecule has 2 N–H and O–H groups in total.